The molecule has 0 aliphatic heterocycles. The van der Waals surface area contributed by atoms with Gasteiger partial charge in [0.05, 0.1) is 25.6 Å². The Morgan fingerprint density at radius 3 is 3.00 bits per heavy atom. The van der Waals surface area contributed by atoms with Gasteiger partial charge in [-0.25, -0.2) is 9.55 Å². The zero-order valence-electron chi connectivity index (χ0n) is 6.84. The maximum absolute atomic E-state index is 10.4. The summed E-state index contributed by atoms with van der Waals surface area (Å²) in [5, 5.41) is 29.1. The molecular weight excluding hydrogens is 178 g/mol. The second-order valence-corrected chi connectivity index (χ2v) is 2.27. The van der Waals surface area contributed by atoms with Crippen LogP contribution in [0.2, 0.25) is 0 Å². The Balaban J connectivity index is 2.67. The third kappa shape index (κ3) is 2.49. The van der Waals surface area contributed by atoms with Crippen molar-refractivity contribution in [2.24, 2.45) is 0 Å². The van der Waals surface area contributed by atoms with Crippen LogP contribution in [0, 0.1) is 10.4 Å². The molecule has 0 spiro atoms. The van der Waals surface area contributed by atoms with Crippen LogP contribution in [-0.4, -0.2) is 27.9 Å². The summed E-state index contributed by atoms with van der Waals surface area (Å²) in [6.07, 6.45) is 2.94. The van der Waals surface area contributed by atoms with Gasteiger partial charge in [0, 0.05) is 0 Å². The number of aromatic amines is 1. The van der Waals surface area contributed by atoms with E-state index in [1.165, 1.54) is 17.0 Å². The minimum atomic E-state index is -0.539. The highest BCUT2D eigenvalue weighted by Gasteiger charge is 1.99. The number of H-pyrrole nitrogens is 1. The number of aromatic nitrogens is 2. The number of imidazole rings is 1. The highest BCUT2D eigenvalue weighted by atomic mass is 16.8. The van der Waals surface area contributed by atoms with Crippen LogP contribution in [0.1, 0.15) is 0 Å². The second-order valence-electron chi connectivity index (χ2n) is 2.27. The Hall–Kier alpha value is -1.47. The van der Waals surface area contributed by atoms with Crippen molar-refractivity contribution in [3.63, 3.8) is 0 Å². The maximum atomic E-state index is 10.4. The Kier molecular flexibility index (Phi) is 3.35. The molecule has 0 aromatic carbocycles. The van der Waals surface area contributed by atoms with Crippen LogP contribution in [0.4, 0.5) is 0 Å². The SMILES string of the molecule is [O-][N+]([O-])=c1[nH]ccn1COCCO. The van der Waals surface area contributed by atoms with Crippen LogP contribution in [-0.2, 0) is 11.5 Å². The van der Waals surface area contributed by atoms with E-state index in [1.807, 2.05) is 0 Å². The largest absolute Gasteiger partial charge is 0.744 e. The van der Waals surface area contributed by atoms with Crippen molar-refractivity contribution in [2.45, 2.75) is 6.73 Å². The Morgan fingerprint density at radius 2 is 2.38 bits per heavy atom. The van der Waals surface area contributed by atoms with Crippen molar-refractivity contribution in [3.05, 3.63) is 28.4 Å². The first-order valence-corrected chi connectivity index (χ1v) is 3.65. The fourth-order valence-electron chi connectivity index (χ4n) is 0.844. The van der Waals surface area contributed by atoms with Gasteiger partial charge in [-0.1, -0.05) is 0 Å². The van der Waals surface area contributed by atoms with Crippen LogP contribution >= 0.6 is 0 Å². The summed E-state index contributed by atoms with van der Waals surface area (Å²) < 4.78 is 6.21. The molecule has 1 aromatic heterocycles. The van der Waals surface area contributed by atoms with Gasteiger partial charge in [-0.15, -0.1) is 0 Å². The molecule has 1 heterocycles. The smallest absolute Gasteiger partial charge is 0.359 e. The van der Waals surface area contributed by atoms with Crippen LogP contribution in [0.15, 0.2) is 12.4 Å². The molecule has 7 nitrogen and oxygen atoms in total. The standard InChI is InChI=1S/C6H10N3O4/c10-3-4-13-5-8-2-1-7-6(8)9(11)12/h1-2,7,10H,3-5H2/q-1. The van der Waals surface area contributed by atoms with Gasteiger partial charge in [-0.3, -0.25) is 4.90 Å². The molecule has 0 fully saturated rings. The van der Waals surface area contributed by atoms with Gasteiger partial charge in [0.2, 0.25) is 0 Å². The molecule has 0 aliphatic rings. The number of hydrogen-bond acceptors (Lipinski definition) is 4. The molecule has 0 amide bonds. The highest BCUT2D eigenvalue weighted by molar-refractivity contribution is 4.76. The summed E-state index contributed by atoms with van der Waals surface area (Å²) in [5.74, 6) is 0. The summed E-state index contributed by atoms with van der Waals surface area (Å²) in [6, 6.07) is 0. The molecule has 13 heavy (non-hydrogen) atoms. The lowest BCUT2D eigenvalue weighted by Gasteiger charge is -2.12. The number of aliphatic hydroxyl groups is 1. The van der Waals surface area contributed by atoms with Crippen molar-refractivity contribution in [1.29, 1.82) is 0 Å². The fraction of sp³-hybridized carbons (Fsp3) is 0.500. The van der Waals surface area contributed by atoms with Gasteiger partial charge in [-0.2, -0.15) is 0 Å². The lowest BCUT2D eigenvalue weighted by molar-refractivity contribution is 0.0457. The van der Waals surface area contributed by atoms with Gasteiger partial charge in [-0.05, 0) is 0 Å². The van der Waals surface area contributed by atoms with E-state index in [9.17, 15) is 10.4 Å². The fourth-order valence-corrected chi connectivity index (χ4v) is 0.844. The Bertz CT molecular complexity index is 312. The molecule has 0 saturated heterocycles. The first-order chi connectivity index (χ1) is 6.25. The quantitative estimate of drug-likeness (QED) is 0.446. The summed E-state index contributed by atoms with van der Waals surface area (Å²) in [5.41, 5.74) is -0.141. The van der Waals surface area contributed by atoms with E-state index in [2.05, 4.69) is 4.98 Å². The molecule has 0 radical (unpaired) electrons. The van der Waals surface area contributed by atoms with Gasteiger partial charge in [0.1, 0.15) is 0 Å². The minimum Gasteiger partial charge on any atom is -0.744 e. The third-order valence-electron chi connectivity index (χ3n) is 1.38. The van der Waals surface area contributed by atoms with E-state index in [4.69, 9.17) is 9.84 Å². The van der Waals surface area contributed by atoms with E-state index in [0.717, 1.165) is 0 Å². The summed E-state index contributed by atoms with van der Waals surface area (Å²) in [4.78, 5) is 1.91. The van der Waals surface area contributed by atoms with Gasteiger partial charge >= 0.3 is 5.62 Å². The highest BCUT2D eigenvalue weighted by Crippen LogP contribution is 1.81. The van der Waals surface area contributed by atoms with E-state index in [0.29, 0.717) is 0 Å². The van der Waals surface area contributed by atoms with Gasteiger partial charge in [0.15, 0.2) is 6.73 Å². The zero-order valence-corrected chi connectivity index (χ0v) is 6.84. The molecule has 74 valence electrons. The third-order valence-corrected chi connectivity index (χ3v) is 1.38. The first-order valence-electron chi connectivity index (χ1n) is 3.65. The van der Waals surface area contributed by atoms with Crippen molar-refractivity contribution in [2.75, 3.05) is 13.2 Å². The van der Waals surface area contributed by atoms with E-state index < -0.39 is 4.90 Å². The number of hydrogen-bond donors (Lipinski definition) is 2. The van der Waals surface area contributed by atoms with E-state index >= 15 is 0 Å². The van der Waals surface area contributed by atoms with Crippen molar-refractivity contribution >= 4 is 0 Å². The Labute approximate surface area is 73.7 Å². The molecule has 0 saturated carbocycles. The lowest BCUT2D eigenvalue weighted by Crippen LogP contribution is -2.30. The molecule has 7 heteroatoms. The molecule has 1 aromatic rings. The predicted octanol–water partition coefficient (Wildman–Crippen LogP) is -1.45. The molecule has 1 rings (SSSR count). The Morgan fingerprint density at radius 1 is 1.62 bits per heavy atom. The van der Waals surface area contributed by atoms with Crippen LogP contribution in [0.5, 0.6) is 0 Å². The molecule has 0 bridgehead atoms. The number of ether oxygens (including phenoxy) is 1. The number of nitrogens with zero attached hydrogens (tertiary/aromatic N) is 2. The average molecular weight is 188 g/mol. The summed E-state index contributed by atoms with van der Waals surface area (Å²) in [6.45, 7) is 0.120. The van der Waals surface area contributed by atoms with Crippen molar-refractivity contribution < 1.29 is 9.84 Å². The molecule has 2 N–H and O–H groups in total. The van der Waals surface area contributed by atoms with Crippen LogP contribution in [0.3, 0.4) is 0 Å². The van der Waals surface area contributed by atoms with E-state index in [1.54, 1.807) is 0 Å². The van der Waals surface area contributed by atoms with Crippen LogP contribution in [0.25, 0.3) is 0 Å². The topological polar surface area (TPSA) is 99.3 Å². The van der Waals surface area contributed by atoms with E-state index in [-0.39, 0.29) is 25.6 Å². The van der Waals surface area contributed by atoms with Crippen molar-refractivity contribution in [3.8, 4) is 0 Å². The molecule has 0 unspecified atom stereocenters. The first kappa shape index (κ1) is 9.62. The normalized spacial score (nSPS) is 10.2. The number of nitrogens with one attached hydrogen (secondary N) is 1. The average Bonchev–Trinajstić information content (AvgIpc) is 2.53. The monoisotopic (exact) mass is 188 g/mol. The number of aliphatic hydroxyl groups excluding tert-OH is 1. The van der Waals surface area contributed by atoms with Crippen molar-refractivity contribution in [1.82, 2.24) is 14.5 Å². The minimum absolute atomic E-state index is 0.0559. The number of rotatable bonds is 4. The van der Waals surface area contributed by atoms with Crippen LogP contribution < -0.4 is 10.5 Å². The summed E-state index contributed by atoms with van der Waals surface area (Å²) >= 11 is 0. The second kappa shape index (κ2) is 4.53. The van der Waals surface area contributed by atoms with Gasteiger partial charge < -0.3 is 20.3 Å². The zero-order chi connectivity index (χ0) is 9.68. The molecular formula is C6H10N3O4-. The predicted molar refractivity (Wildman–Crippen MR) is 43.8 cm³/mol. The summed E-state index contributed by atoms with van der Waals surface area (Å²) in [7, 11) is 0. The maximum Gasteiger partial charge on any atom is 0.359 e. The molecule has 0 aliphatic carbocycles. The lowest BCUT2D eigenvalue weighted by atomic mass is 10.8. The molecule has 0 atom stereocenters. The van der Waals surface area contributed by atoms with Gasteiger partial charge in [0.25, 0.3) is 0 Å².